The molecule has 0 saturated carbocycles. The first-order chi connectivity index (χ1) is 10.0. The van der Waals surface area contributed by atoms with Crippen molar-refractivity contribution < 1.29 is 9.53 Å². The van der Waals surface area contributed by atoms with E-state index < -0.39 is 0 Å². The fourth-order valence-corrected chi connectivity index (χ4v) is 2.56. The van der Waals surface area contributed by atoms with E-state index in [0.717, 1.165) is 11.1 Å². The van der Waals surface area contributed by atoms with Crippen LogP contribution in [0.1, 0.15) is 28.4 Å². The second-order valence-electron chi connectivity index (χ2n) is 4.72. The van der Waals surface area contributed by atoms with Crippen LogP contribution in [0.2, 0.25) is 10.0 Å². The van der Waals surface area contributed by atoms with Gasteiger partial charge in [-0.2, -0.15) is 0 Å². The highest BCUT2D eigenvalue weighted by Gasteiger charge is 2.15. The Balaban J connectivity index is 2.28. The lowest BCUT2D eigenvalue weighted by atomic mass is 9.99. The smallest absolute Gasteiger partial charge is 0.168 e. The largest absolute Gasteiger partial charge is 0.492 e. The van der Waals surface area contributed by atoms with Gasteiger partial charge < -0.3 is 4.74 Å². The van der Waals surface area contributed by atoms with Crippen molar-refractivity contribution in [3.63, 3.8) is 0 Å². The number of ketones is 1. The summed E-state index contributed by atoms with van der Waals surface area (Å²) in [5.74, 6) is 0.441. The van der Waals surface area contributed by atoms with Crippen molar-refractivity contribution in [1.29, 1.82) is 0 Å². The van der Waals surface area contributed by atoms with E-state index >= 15 is 0 Å². The predicted octanol–water partition coefficient (Wildman–Crippen LogP) is 5.13. The summed E-state index contributed by atoms with van der Waals surface area (Å²) in [7, 11) is 0. The summed E-state index contributed by atoms with van der Waals surface area (Å²) in [6.45, 7) is 4.34. The van der Waals surface area contributed by atoms with Gasteiger partial charge in [-0.3, -0.25) is 4.79 Å². The van der Waals surface area contributed by atoms with Crippen molar-refractivity contribution in [2.24, 2.45) is 0 Å². The lowest BCUT2D eigenvalue weighted by Gasteiger charge is -2.10. The summed E-state index contributed by atoms with van der Waals surface area (Å²) >= 11 is 12.3. The molecule has 21 heavy (non-hydrogen) atoms. The molecule has 0 aliphatic rings. The topological polar surface area (TPSA) is 26.3 Å². The zero-order valence-corrected chi connectivity index (χ0v) is 13.5. The molecule has 0 aliphatic heterocycles. The van der Waals surface area contributed by atoms with Crippen LogP contribution in [0.15, 0.2) is 36.4 Å². The number of carbonyl (C=O) groups excluding carboxylic acids is 1. The highest BCUT2D eigenvalue weighted by Crippen LogP contribution is 2.32. The van der Waals surface area contributed by atoms with Gasteiger partial charge in [-0.05, 0) is 31.0 Å². The second-order valence-corrected chi connectivity index (χ2v) is 5.54. The van der Waals surface area contributed by atoms with Gasteiger partial charge in [0.05, 0.1) is 16.7 Å². The molecule has 0 heterocycles. The van der Waals surface area contributed by atoms with Crippen molar-refractivity contribution in [2.45, 2.75) is 20.3 Å². The molecule has 0 fully saturated rings. The van der Waals surface area contributed by atoms with E-state index in [1.807, 2.05) is 38.1 Å². The molecule has 0 unspecified atom stereocenters. The van der Waals surface area contributed by atoms with Crippen LogP contribution in [0.5, 0.6) is 5.75 Å². The number of halogens is 2. The highest BCUT2D eigenvalue weighted by atomic mass is 35.5. The van der Waals surface area contributed by atoms with Gasteiger partial charge in [0.1, 0.15) is 5.75 Å². The van der Waals surface area contributed by atoms with E-state index in [-0.39, 0.29) is 5.78 Å². The molecule has 0 aromatic heterocycles. The van der Waals surface area contributed by atoms with Crippen molar-refractivity contribution in [3.05, 3.63) is 63.1 Å². The van der Waals surface area contributed by atoms with Crippen LogP contribution in [-0.4, -0.2) is 12.4 Å². The lowest BCUT2D eigenvalue weighted by molar-refractivity contribution is 0.0993. The monoisotopic (exact) mass is 322 g/mol. The third-order valence-electron chi connectivity index (χ3n) is 3.23. The minimum Gasteiger partial charge on any atom is -0.492 e. The van der Waals surface area contributed by atoms with Gasteiger partial charge in [-0.1, -0.05) is 47.5 Å². The zero-order chi connectivity index (χ0) is 15.4. The molecule has 2 aromatic rings. The maximum Gasteiger partial charge on any atom is 0.168 e. The summed E-state index contributed by atoms with van der Waals surface area (Å²) in [5, 5.41) is 0.760. The molecule has 0 saturated heterocycles. The third kappa shape index (κ3) is 3.78. The number of carbonyl (C=O) groups is 1. The Morgan fingerprint density at radius 3 is 2.52 bits per heavy atom. The lowest BCUT2D eigenvalue weighted by Crippen LogP contribution is -2.06. The molecule has 0 amide bonds. The van der Waals surface area contributed by atoms with Gasteiger partial charge in [0.15, 0.2) is 5.78 Å². The van der Waals surface area contributed by atoms with Gasteiger partial charge in [-0.25, -0.2) is 0 Å². The number of benzene rings is 2. The van der Waals surface area contributed by atoms with Gasteiger partial charge in [0.2, 0.25) is 0 Å². The summed E-state index contributed by atoms with van der Waals surface area (Å²) in [6, 6.07) is 11.0. The molecule has 4 heteroatoms. The molecule has 0 spiro atoms. The maximum absolute atomic E-state index is 12.4. The Kier molecular flexibility index (Phi) is 5.27. The van der Waals surface area contributed by atoms with Crippen LogP contribution in [0, 0.1) is 6.92 Å². The third-order valence-corrected chi connectivity index (χ3v) is 3.84. The van der Waals surface area contributed by atoms with Crippen molar-refractivity contribution >= 4 is 29.0 Å². The average Bonchev–Trinajstić information content (AvgIpc) is 2.45. The summed E-state index contributed by atoms with van der Waals surface area (Å²) in [5.41, 5.74) is 2.50. The normalized spacial score (nSPS) is 10.5. The predicted molar refractivity (Wildman–Crippen MR) is 86.8 cm³/mol. The number of aryl methyl sites for hydroxylation is 1. The number of rotatable bonds is 5. The molecule has 0 radical (unpaired) electrons. The highest BCUT2D eigenvalue weighted by molar-refractivity contribution is 6.36. The van der Waals surface area contributed by atoms with E-state index in [1.54, 1.807) is 12.1 Å². The second kappa shape index (κ2) is 6.97. The van der Waals surface area contributed by atoms with Crippen LogP contribution in [-0.2, 0) is 6.42 Å². The minimum absolute atomic E-state index is 0.0563. The first-order valence-electron chi connectivity index (χ1n) is 6.72. The van der Waals surface area contributed by atoms with Gasteiger partial charge in [0, 0.05) is 18.1 Å². The molecular formula is C17H16Cl2O2. The van der Waals surface area contributed by atoms with Gasteiger partial charge >= 0.3 is 0 Å². The first-order valence-corrected chi connectivity index (χ1v) is 7.48. The number of ether oxygens (including phenoxy) is 1. The molecule has 0 bridgehead atoms. The summed E-state index contributed by atoms with van der Waals surface area (Å²) in [6.07, 6.45) is 0.302. The van der Waals surface area contributed by atoms with Gasteiger partial charge in [-0.15, -0.1) is 0 Å². The molecule has 110 valence electrons. The Hall–Kier alpha value is -1.51. The van der Waals surface area contributed by atoms with Crippen LogP contribution in [0.3, 0.4) is 0 Å². The molecule has 2 aromatic carbocycles. The van der Waals surface area contributed by atoms with Crippen molar-refractivity contribution in [2.75, 3.05) is 6.61 Å². The van der Waals surface area contributed by atoms with E-state index in [2.05, 4.69) is 0 Å². The zero-order valence-electron chi connectivity index (χ0n) is 12.0. The Labute approximate surface area is 134 Å². The quantitative estimate of drug-likeness (QED) is 0.713. The Bertz CT molecular complexity index is 666. The van der Waals surface area contributed by atoms with Crippen LogP contribution in [0.25, 0.3) is 0 Å². The van der Waals surface area contributed by atoms with Crippen LogP contribution < -0.4 is 4.74 Å². The molecule has 2 nitrogen and oxygen atoms in total. The maximum atomic E-state index is 12.4. The SMILES string of the molecule is CCOc1cc(Cl)c(C(=O)Cc2ccccc2C)cc1Cl. The van der Waals surface area contributed by atoms with Crippen LogP contribution in [0.4, 0.5) is 0 Å². The summed E-state index contributed by atoms with van der Waals surface area (Å²) < 4.78 is 5.36. The number of hydrogen-bond donors (Lipinski definition) is 0. The van der Waals surface area contributed by atoms with Crippen LogP contribution >= 0.6 is 23.2 Å². The molecule has 2 rings (SSSR count). The fourth-order valence-electron chi connectivity index (χ4n) is 2.09. The molecule has 0 N–H and O–H groups in total. The van der Waals surface area contributed by atoms with E-state index in [1.165, 1.54) is 0 Å². The number of hydrogen-bond acceptors (Lipinski definition) is 2. The molecule has 0 atom stereocenters. The molecular weight excluding hydrogens is 307 g/mol. The standard InChI is InChI=1S/C17H16Cl2O2/c1-3-21-17-10-14(18)13(9-15(17)19)16(20)8-12-7-5-4-6-11(12)2/h4-7,9-10H,3,8H2,1-2H3. The molecule has 0 aliphatic carbocycles. The Morgan fingerprint density at radius 1 is 1.14 bits per heavy atom. The first kappa shape index (κ1) is 15.9. The minimum atomic E-state index is -0.0563. The Morgan fingerprint density at radius 2 is 1.86 bits per heavy atom. The fraction of sp³-hybridized carbons (Fsp3) is 0.235. The van der Waals surface area contributed by atoms with E-state index in [4.69, 9.17) is 27.9 Å². The van der Waals surface area contributed by atoms with Crippen molar-refractivity contribution in [1.82, 2.24) is 0 Å². The van der Waals surface area contributed by atoms with E-state index in [0.29, 0.717) is 34.4 Å². The number of Topliss-reactive ketones (excluding diaryl/α,β-unsaturated/α-hetero) is 1. The van der Waals surface area contributed by atoms with E-state index in [9.17, 15) is 4.79 Å². The summed E-state index contributed by atoms with van der Waals surface area (Å²) in [4.78, 5) is 12.4. The van der Waals surface area contributed by atoms with Crippen molar-refractivity contribution in [3.8, 4) is 5.75 Å². The average molecular weight is 323 g/mol. The van der Waals surface area contributed by atoms with Gasteiger partial charge in [0.25, 0.3) is 0 Å².